The van der Waals surface area contributed by atoms with Crippen molar-refractivity contribution in [3.8, 4) is 0 Å². The molecule has 4 aliphatic rings. The fourth-order valence-electron chi connectivity index (χ4n) is 7.08. The Hall–Kier alpha value is -2.90. The molecule has 4 aliphatic carbocycles. The smallest absolute Gasteiger partial charge is 0.268 e. The first-order chi connectivity index (χ1) is 15.3. The molecule has 1 spiro atoms. The van der Waals surface area contributed by atoms with Crippen LogP contribution in [0.15, 0.2) is 24.4 Å². The lowest BCUT2D eigenvalue weighted by atomic mass is 9.71. The zero-order chi connectivity index (χ0) is 22.3. The summed E-state index contributed by atoms with van der Waals surface area (Å²) in [6.45, 7) is 2.29. The number of nitrogens with zero attached hydrogens (tertiary/aromatic N) is 2. The Labute approximate surface area is 186 Å². The zero-order valence-electron chi connectivity index (χ0n) is 18.3. The number of pyridine rings is 1. The highest BCUT2D eigenvalue weighted by molar-refractivity contribution is 5.93. The van der Waals surface area contributed by atoms with Gasteiger partial charge in [-0.2, -0.15) is 0 Å². The van der Waals surface area contributed by atoms with Crippen LogP contribution in [0.1, 0.15) is 55.2 Å². The summed E-state index contributed by atoms with van der Waals surface area (Å²) in [7, 11) is 0. The van der Waals surface area contributed by atoms with Gasteiger partial charge in [0.05, 0.1) is 12.1 Å². The van der Waals surface area contributed by atoms with Gasteiger partial charge in [-0.25, -0.2) is 4.98 Å². The number of fused-ring (bicyclic) bond motifs is 3. The Morgan fingerprint density at radius 1 is 1.28 bits per heavy atom. The Morgan fingerprint density at radius 2 is 2.12 bits per heavy atom. The number of primary amides is 1. The molecular weight excluding hydrogens is 406 g/mol. The van der Waals surface area contributed by atoms with Gasteiger partial charge in [0.1, 0.15) is 17.4 Å². The molecule has 2 bridgehead atoms. The summed E-state index contributed by atoms with van der Waals surface area (Å²) in [5.41, 5.74) is 7.79. The van der Waals surface area contributed by atoms with E-state index in [-0.39, 0.29) is 18.2 Å². The molecule has 168 valence electrons. The van der Waals surface area contributed by atoms with Gasteiger partial charge < -0.3 is 16.4 Å². The fourth-order valence-corrected chi connectivity index (χ4v) is 7.08. The van der Waals surface area contributed by atoms with E-state index in [1.54, 1.807) is 16.7 Å². The molecule has 2 aromatic heterocycles. The number of carbonyl (C=O) groups is 3. The van der Waals surface area contributed by atoms with Gasteiger partial charge in [-0.1, -0.05) is 6.07 Å². The molecule has 2 heterocycles. The van der Waals surface area contributed by atoms with E-state index in [9.17, 15) is 14.4 Å². The Bertz CT molecular complexity index is 1150. The third-order valence-corrected chi connectivity index (χ3v) is 8.56. The minimum absolute atomic E-state index is 0.00942. The van der Waals surface area contributed by atoms with Crippen LogP contribution >= 0.6 is 0 Å². The summed E-state index contributed by atoms with van der Waals surface area (Å²) in [4.78, 5) is 40.9. The molecule has 6 atom stereocenters. The minimum atomic E-state index is -0.744. The third-order valence-electron chi connectivity index (χ3n) is 8.56. The van der Waals surface area contributed by atoms with Gasteiger partial charge in [-0.15, -0.1) is 0 Å². The summed E-state index contributed by atoms with van der Waals surface area (Å²) < 4.78 is 1.73. The summed E-state index contributed by atoms with van der Waals surface area (Å²) >= 11 is 0. The molecule has 32 heavy (non-hydrogen) atoms. The van der Waals surface area contributed by atoms with Gasteiger partial charge in [-0.05, 0) is 79.7 Å². The molecule has 4 fully saturated rings. The maximum atomic E-state index is 13.1. The van der Waals surface area contributed by atoms with Crippen molar-refractivity contribution in [2.75, 3.05) is 6.54 Å². The van der Waals surface area contributed by atoms with Crippen LogP contribution in [0.25, 0.3) is 5.65 Å². The molecule has 4 saturated carbocycles. The van der Waals surface area contributed by atoms with Gasteiger partial charge in [0.15, 0.2) is 0 Å². The molecule has 8 nitrogen and oxygen atoms in total. The van der Waals surface area contributed by atoms with Gasteiger partial charge in [0, 0.05) is 12.7 Å². The number of rotatable bonds is 7. The molecule has 0 radical (unpaired) electrons. The number of nitrogens with one attached hydrogen (secondary N) is 2. The van der Waals surface area contributed by atoms with Crippen LogP contribution in [0.2, 0.25) is 0 Å². The maximum absolute atomic E-state index is 13.1. The van der Waals surface area contributed by atoms with Crippen molar-refractivity contribution in [2.24, 2.45) is 34.3 Å². The van der Waals surface area contributed by atoms with Crippen molar-refractivity contribution in [2.45, 2.75) is 51.5 Å². The van der Waals surface area contributed by atoms with E-state index in [0.29, 0.717) is 27.9 Å². The Morgan fingerprint density at radius 3 is 2.94 bits per heavy atom. The number of imidazole rings is 1. The second kappa shape index (κ2) is 6.56. The van der Waals surface area contributed by atoms with Gasteiger partial charge in [0.2, 0.25) is 11.8 Å². The van der Waals surface area contributed by atoms with Crippen LogP contribution in [0, 0.1) is 28.6 Å². The summed E-state index contributed by atoms with van der Waals surface area (Å²) in [6.07, 6.45) is 8.40. The number of carbonyl (C=O) groups excluding carboxylic acids is 3. The zero-order valence-corrected chi connectivity index (χ0v) is 18.3. The lowest BCUT2D eigenvalue weighted by molar-refractivity contribution is -0.126. The van der Waals surface area contributed by atoms with E-state index in [4.69, 9.17) is 5.73 Å². The van der Waals surface area contributed by atoms with Crippen molar-refractivity contribution in [3.05, 3.63) is 35.8 Å². The SMILES string of the molecule is CC(NC(=O)Cc1cn2c(C(=O)NCC34CC5C[C@@H]5C5(CC5C3)C4)cccc2n1)C(N)=O. The first-order valence-corrected chi connectivity index (χ1v) is 11.6. The first-order valence-electron chi connectivity index (χ1n) is 11.6. The average molecular weight is 436 g/mol. The summed E-state index contributed by atoms with van der Waals surface area (Å²) in [5.74, 6) is 1.76. The normalized spacial score (nSPS) is 34.3. The van der Waals surface area contributed by atoms with Crippen LogP contribution in [0.5, 0.6) is 0 Å². The van der Waals surface area contributed by atoms with Gasteiger partial charge in [-0.3, -0.25) is 18.8 Å². The van der Waals surface area contributed by atoms with E-state index in [2.05, 4.69) is 15.6 Å². The molecule has 2 aromatic rings. The quantitative estimate of drug-likeness (QED) is 0.609. The standard InChI is InChI=1S/C24H29N5O3/c1-13(21(25)31)27-20(30)6-16-10-29-18(3-2-4-19(29)28-16)22(32)26-12-23-7-14-5-17(14)24(11-23)9-15(24)8-23/h2-4,10,13-15,17H,5-9,11-12H2,1H3,(H2,25,31)(H,26,32)(H,27,30)/t13?,14?,15?,17-,23?,24?/m0/s1. The molecule has 6 rings (SSSR count). The van der Waals surface area contributed by atoms with Crippen LogP contribution < -0.4 is 16.4 Å². The summed E-state index contributed by atoms with van der Waals surface area (Å²) in [5, 5.41) is 5.78. The number of aromatic nitrogens is 2. The van der Waals surface area contributed by atoms with Crippen LogP contribution in [-0.2, 0) is 16.0 Å². The van der Waals surface area contributed by atoms with Crippen molar-refractivity contribution in [1.29, 1.82) is 0 Å². The number of nitrogens with two attached hydrogens (primary N) is 1. The predicted octanol–water partition coefficient (Wildman–Crippen LogP) is 1.42. The highest BCUT2D eigenvalue weighted by Gasteiger charge is 2.76. The fraction of sp³-hybridized carbons (Fsp3) is 0.583. The second-order valence-electron chi connectivity index (χ2n) is 10.7. The second-order valence-corrected chi connectivity index (χ2v) is 10.7. The van der Waals surface area contributed by atoms with Crippen molar-refractivity contribution >= 4 is 23.4 Å². The molecule has 0 aromatic carbocycles. The third kappa shape index (κ3) is 3.03. The number of hydrogen-bond donors (Lipinski definition) is 3. The average Bonchev–Trinajstić information content (AvgIpc) is 3.58. The van der Waals surface area contributed by atoms with E-state index >= 15 is 0 Å². The topological polar surface area (TPSA) is 119 Å². The number of hydrogen-bond acceptors (Lipinski definition) is 4. The highest BCUT2D eigenvalue weighted by atomic mass is 16.2. The molecule has 4 N–H and O–H groups in total. The first kappa shape index (κ1) is 19.8. The summed E-state index contributed by atoms with van der Waals surface area (Å²) in [6, 6.07) is 4.66. The number of amides is 3. The molecule has 3 amide bonds. The Kier molecular flexibility index (Phi) is 4.05. The van der Waals surface area contributed by atoms with Crippen molar-refractivity contribution in [1.82, 2.24) is 20.0 Å². The van der Waals surface area contributed by atoms with E-state index in [1.165, 1.54) is 39.0 Å². The van der Waals surface area contributed by atoms with Crippen LogP contribution in [0.3, 0.4) is 0 Å². The van der Waals surface area contributed by atoms with Gasteiger partial charge in [0.25, 0.3) is 5.91 Å². The van der Waals surface area contributed by atoms with Crippen molar-refractivity contribution < 1.29 is 14.4 Å². The maximum Gasteiger partial charge on any atom is 0.268 e. The van der Waals surface area contributed by atoms with Crippen molar-refractivity contribution in [3.63, 3.8) is 0 Å². The Balaban J connectivity index is 1.15. The van der Waals surface area contributed by atoms with E-state index < -0.39 is 11.9 Å². The van der Waals surface area contributed by atoms with E-state index in [0.717, 1.165) is 24.3 Å². The lowest BCUT2D eigenvalue weighted by Crippen LogP contribution is -2.42. The van der Waals surface area contributed by atoms with Crippen LogP contribution in [0.4, 0.5) is 0 Å². The van der Waals surface area contributed by atoms with Crippen LogP contribution in [-0.4, -0.2) is 39.7 Å². The molecule has 0 saturated heterocycles. The minimum Gasteiger partial charge on any atom is -0.368 e. The lowest BCUT2D eigenvalue weighted by Gasteiger charge is -2.36. The molecular formula is C24H29N5O3. The predicted molar refractivity (Wildman–Crippen MR) is 116 cm³/mol. The van der Waals surface area contributed by atoms with Gasteiger partial charge >= 0.3 is 0 Å². The molecule has 5 unspecified atom stereocenters. The highest BCUT2D eigenvalue weighted by Crippen LogP contribution is 2.83. The largest absolute Gasteiger partial charge is 0.368 e. The molecule has 8 heteroatoms. The monoisotopic (exact) mass is 435 g/mol. The van der Waals surface area contributed by atoms with E-state index in [1.807, 2.05) is 12.1 Å². The molecule has 0 aliphatic heterocycles.